The highest BCUT2D eigenvalue weighted by Crippen LogP contribution is 2.45. The molecule has 1 saturated heterocycles. The van der Waals surface area contributed by atoms with Gasteiger partial charge in [0.15, 0.2) is 9.84 Å². The first-order valence-electron chi connectivity index (χ1n) is 11.9. The van der Waals surface area contributed by atoms with Crippen LogP contribution in [0.2, 0.25) is 5.02 Å². The van der Waals surface area contributed by atoms with Crippen molar-refractivity contribution < 1.29 is 13.2 Å². The molecular formula is C26H28ClN3O3S2. The molecule has 3 aromatic rings. The molecule has 35 heavy (non-hydrogen) atoms. The number of amides is 2. The van der Waals surface area contributed by atoms with Gasteiger partial charge < -0.3 is 10.2 Å². The van der Waals surface area contributed by atoms with Gasteiger partial charge in [0.1, 0.15) is 0 Å². The number of carbonyl (C=O) groups excluding carboxylic acids is 1. The predicted molar refractivity (Wildman–Crippen MR) is 139 cm³/mol. The van der Waals surface area contributed by atoms with Crippen LogP contribution >= 0.6 is 22.9 Å². The highest BCUT2D eigenvalue weighted by Gasteiger charge is 2.39. The molecule has 1 aliphatic heterocycles. The Bertz CT molecular complexity index is 1320. The molecule has 0 bridgehead atoms. The summed E-state index contributed by atoms with van der Waals surface area (Å²) in [5.41, 5.74) is 3.16. The molecule has 0 radical (unpaired) electrons. The molecule has 6 nitrogen and oxygen atoms in total. The largest absolute Gasteiger partial charge is 0.334 e. The van der Waals surface area contributed by atoms with Gasteiger partial charge in [-0.25, -0.2) is 18.2 Å². The van der Waals surface area contributed by atoms with E-state index in [2.05, 4.69) is 16.8 Å². The molecule has 2 atom stereocenters. The van der Waals surface area contributed by atoms with Gasteiger partial charge in [-0.1, -0.05) is 42.8 Å². The maximum atomic E-state index is 13.1. The Morgan fingerprint density at radius 2 is 1.89 bits per heavy atom. The van der Waals surface area contributed by atoms with E-state index in [9.17, 15) is 13.2 Å². The number of halogens is 1. The van der Waals surface area contributed by atoms with E-state index in [0.29, 0.717) is 35.5 Å². The molecule has 1 N–H and O–H groups in total. The van der Waals surface area contributed by atoms with Gasteiger partial charge in [0.05, 0.1) is 21.3 Å². The second-order valence-corrected chi connectivity index (χ2v) is 12.9. The number of sulfone groups is 1. The number of hydrogen-bond acceptors (Lipinski definition) is 5. The molecule has 2 fully saturated rings. The normalized spacial score (nSPS) is 20.2. The number of hydrogen-bond donors (Lipinski definition) is 1. The highest BCUT2D eigenvalue weighted by atomic mass is 35.5. The summed E-state index contributed by atoms with van der Waals surface area (Å²) in [6.07, 6.45) is 2.43. The first-order valence-corrected chi connectivity index (χ1v) is 14.8. The summed E-state index contributed by atoms with van der Waals surface area (Å²) < 4.78 is 24.0. The van der Waals surface area contributed by atoms with Crippen LogP contribution in [0.15, 0.2) is 58.8 Å². The van der Waals surface area contributed by atoms with Crippen LogP contribution in [-0.4, -0.2) is 43.2 Å². The number of likely N-dealkylation sites (tertiary alicyclic amines) is 1. The van der Waals surface area contributed by atoms with Gasteiger partial charge in [0.2, 0.25) is 0 Å². The molecule has 0 spiro atoms. The van der Waals surface area contributed by atoms with Gasteiger partial charge >= 0.3 is 6.03 Å². The van der Waals surface area contributed by atoms with Crippen LogP contribution in [-0.2, 0) is 16.4 Å². The van der Waals surface area contributed by atoms with Gasteiger partial charge in [0, 0.05) is 47.8 Å². The summed E-state index contributed by atoms with van der Waals surface area (Å²) in [5, 5.41) is 6.94. The summed E-state index contributed by atoms with van der Waals surface area (Å²) >= 11 is 7.99. The summed E-state index contributed by atoms with van der Waals surface area (Å²) in [5.74, 6) is 0.907. The van der Waals surface area contributed by atoms with E-state index in [1.165, 1.54) is 18.5 Å². The van der Waals surface area contributed by atoms with Crippen molar-refractivity contribution in [1.82, 2.24) is 15.2 Å². The van der Waals surface area contributed by atoms with E-state index in [0.717, 1.165) is 16.1 Å². The van der Waals surface area contributed by atoms with Crippen molar-refractivity contribution in [3.8, 4) is 0 Å². The minimum Gasteiger partial charge on any atom is -0.334 e. The average Bonchev–Trinajstić information content (AvgIpc) is 3.42. The topological polar surface area (TPSA) is 79.4 Å². The van der Waals surface area contributed by atoms with Crippen LogP contribution in [0.1, 0.15) is 59.3 Å². The smallest absolute Gasteiger partial charge is 0.317 e. The lowest BCUT2D eigenvalue weighted by Crippen LogP contribution is -2.38. The standard InChI is InChI=1S/C26H28ClN3O3S2/c1-2-35(32,33)21-10-6-17(7-11-21)13-28-26(31)30-14-22(19-4-3-5-20(27)12-19)23(15-30)25-29-24(16-34-25)18-8-9-18/h3-7,10-12,16,18,22-23H,2,8-9,13-15H2,1H3,(H,28,31). The zero-order valence-corrected chi connectivity index (χ0v) is 21.9. The molecular weight excluding hydrogens is 502 g/mol. The lowest BCUT2D eigenvalue weighted by Gasteiger charge is -2.18. The first kappa shape index (κ1) is 24.3. The molecule has 184 valence electrons. The van der Waals surface area contributed by atoms with Gasteiger partial charge in [-0.15, -0.1) is 11.3 Å². The third kappa shape index (κ3) is 5.39. The monoisotopic (exact) mass is 529 g/mol. The number of carbonyl (C=O) groups is 1. The fourth-order valence-corrected chi connectivity index (χ4v) is 6.74. The molecule has 2 unspecified atom stereocenters. The molecule has 1 aromatic heterocycles. The van der Waals surface area contributed by atoms with Crippen LogP contribution in [0.25, 0.3) is 0 Å². The lowest BCUT2D eigenvalue weighted by molar-refractivity contribution is 0.207. The third-order valence-corrected chi connectivity index (χ3v) is 9.82. The van der Waals surface area contributed by atoms with Crippen molar-refractivity contribution in [3.63, 3.8) is 0 Å². The zero-order chi connectivity index (χ0) is 24.6. The average molecular weight is 530 g/mol. The Morgan fingerprint density at radius 3 is 2.57 bits per heavy atom. The molecule has 2 aliphatic rings. The summed E-state index contributed by atoms with van der Waals surface area (Å²) in [4.78, 5) is 20.2. The number of rotatable bonds is 7. The van der Waals surface area contributed by atoms with Crippen molar-refractivity contribution >= 4 is 38.8 Å². The van der Waals surface area contributed by atoms with E-state index in [-0.39, 0.29) is 23.6 Å². The van der Waals surface area contributed by atoms with Crippen LogP contribution in [0, 0.1) is 0 Å². The Labute approximate surface area is 215 Å². The van der Waals surface area contributed by atoms with E-state index >= 15 is 0 Å². The van der Waals surface area contributed by atoms with E-state index in [4.69, 9.17) is 16.6 Å². The SMILES string of the molecule is CCS(=O)(=O)c1ccc(CNC(=O)N2CC(c3cccc(Cl)c3)C(c3nc(C4CC4)cs3)C2)cc1. The summed E-state index contributed by atoms with van der Waals surface area (Å²) in [7, 11) is -3.24. The summed E-state index contributed by atoms with van der Waals surface area (Å²) in [6.45, 7) is 3.14. The molecule has 9 heteroatoms. The second-order valence-electron chi connectivity index (χ2n) is 9.26. The van der Waals surface area contributed by atoms with Crippen LogP contribution in [0.5, 0.6) is 0 Å². The van der Waals surface area contributed by atoms with Crippen molar-refractivity contribution in [2.24, 2.45) is 0 Å². The van der Waals surface area contributed by atoms with Crippen LogP contribution in [0.3, 0.4) is 0 Å². The Kier molecular flexibility index (Phi) is 6.88. The quantitative estimate of drug-likeness (QED) is 0.434. The fourth-order valence-electron chi connectivity index (χ4n) is 4.60. The Morgan fingerprint density at radius 1 is 1.14 bits per heavy atom. The number of nitrogens with zero attached hydrogens (tertiary/aromatic N) is 2. The maximum Gasteiger partial charge on any atom is 0.317 e. The van der Waals surface area contributed by atoms with Gasteiger partial charge in [-0.3, -0.25) is 0 Å². The minimum atomic E-state index is -3.24. The third-order valence-electron chi connectivity index (χ3n) is 6.84. The minimum absolute atomic E-state index is 0.0637. The molecule has 1 saturated carbocycles. The number of aromatic nitrogens is 1. The van der Waals surface area contributed by atoms with E-state index in [1.807, 2.05) is 23.1 Å². The maximum absolute atomic E-state index is 13.1. The predicted octanol–water partition coefficient (Wildman–Crippen LogP) is 5.56. The number of urea groups is 1. The molecule has 2 amide bonds. The van der Waals surface area contributed by atoms with E-state index < -0.39 is 9.84 Å². The Hall–Kier alpha value is -2.42. The molecule has 1 aliphatic carbocycles. The first-order chi connectivity index (χ1) is 16.8. The van der Waals surface area contributed by atoms with Crippen molar-refractivity contribution in [1.29, 1.82) is 0 Å². The summed E-state index contributed by atoms with van der Waals surface area (Å²) in [6, 6.07) is 14.4. The van der Waals surface area contributed by atoms with Crippen molar-refractivity contribution in [2.45, 2.75) is 49.0 Å². The van der Waals surface area contributed by atoms with Crippen LogP contribution < -0.4 is 5.32 Å². The van der Waals surface area contributed by atoms with Crippen molar-refractivity contribution in [3.05, 3.63) is 80.8 Å². The van der Waals surface area contributed by atoms with Crippen molar-refractivity contribution in [2.75, 3.05) is 18.8 Å². The lowest BCUT2D eigenvalue weighted by atomic mass is 9.89. The number of nitrogens with one attached hydrogen (secondary N) is 1. The molecule has 5 rings (SSSR count). The zero-order valence-electron chi connectivity index (χ0n) is 19.5. The second kappa shape index (κ2) is 9.91. The number of benzene rings is 2. The number of thiazole rings is 1. The van der Waals surface area contributed by atoms with Gasteiger partial charge in [-0.05, 0) is 48.2 Å². The highest BCUT2D eigenvalue weighted by molar-refractivity contribution is 7.91. The van der Waals surface area contributed by atoms with E-state index in [1.54, 1.807) is 42.5 Å². The van der Waals surface area contributed by atoms with Gasteiger partial charge in [0.25, 0.3) is 0 Å². The Balaban J connectivity index is 1.29. The van der Waals surface area contributed by atoms with Gasteiger partial charge in [-0.2, -0.15) is 0 Å². The fraction of sp³-hybridized carbons (Fsp3) is 0.385. The van der Waals surface area contributed by atoms with Crippen LogP contribution in [0.4, 0.5) is 4.79 Å². The molecule has 2 aromatic carbocycles. The molecule has 2 heterocycles.